The smallest absolute Gasteiger partial charge is 0.422 e. The van der Waals surface area contributed by atoms with E-state index in [4.69, 9.17) is 4.74 Å². The summed E-state index contributed by atoms with van der Waals surface area (Å²) in [7, 11) is 1.82. The highest BCUT2D eigenvalue weighted by Crippen LogP contribution is 2.23. The molecule has 1 N–H and O–H groups in total. The normalized spacial score (nSPS) is 13.5. The van der Waals surface area contributed by atoms with Crippen molar-refractivity contribution in [2.45, 2.75) is 25.6 Å². The summed E-state index contributed by atoms with van der Waals surface area (Å²) in [4.78, 5) is 0. The zero-order valence-electron chi connectivity index (χ0n) is 9.84. The Labute approximate surface area is 98.8 Å². The van der Waals surface area contributed by atoms with Crippen LogP contribution in [0.5, 0.6) is 5.75 Å². The van der Waals surface area contributed by atoms with Crippen LogP contribution < -0.4 is 10.1 Å². The summed E-state index contributed by atoms with van der Waals surface area (Å²) in [5, 5.41) is 3.09. The van der Waals surface area contributed by atoms with E-state index >= 15 is 0 Å². The van der Waals surface area contributed by atoms with Crippen molar-refractivity contribution in [1.82, 2.24) is 5.32 Å². The average molecular weight is 247 g/mol. The molecular formula is C12H16F3NO. The number of nitrogens with one attached hydrogen (secondary N) is 1. The second kappa shape index (κ2) is 5.91. The Morgan fingerprint density at radius 3 is 2.59 bits per heavy atom. The van der Waals surface area contributed by atoms with Gasteiger partial charge in [0, 0.05) is 6.04 Å². The number of hydrogen-bond donors (Lipinski definition) is 1. The minimum atomic E-state index is -4.30. The molecule has 0 bridgehead atoms. The van der Waals surface area contributed by atoms with Crippen molar-refractivity contribution in [1.29, 1.82) is 0 Å². The fraction of sp³-hybridized carbons (Fsp3) is 0.500. The number of rotatable bonds is 5. The van der Waals surface area contributed by atoms with E-state index in [-0.39, 0.29) is 11.8 Å². The molecule has 96 valence electrons. The Bertz CT molecular complexity index is 348. The van der Waals surface area contributed by atoms with Gasteiger partial charge in [-0.3, -0.25) is 0 Å². The van der Waals surface area contributed by atoms with Crippen LogP contribution in [0.15, 0.2) is 24.3 Å². The van der Waals surface area contributed by atoms with E-state index in [0.29, 0.717) is 0 Å². The van der Waals surface area contributed by atoms with Gasteiger partial charge in [0.2, 0.25) is 0 Å². The lowest BCUT2D eigenvalue weighted by Crippen LogP contribution is -2.19. The van der Waals surface area contributed by atoms with Gasteiger partial charge in [-0.25, -0.2) is 0 Å². The Balaban J connectivity index is 2.72. The maximum Gasteiger partial charge on any atom is 0.422 e. The van der Waals surface area contributed by atoms with E-state index in [1.807, 2.05) is 20.0 Å². The van der Waals surface area contributed by atoms with Gasteiger partial charge in [-0.05, 0) is 31.2 Å². The molecule has 1 atom stereocenters. The third-order valence-corrected chi connectivity index (χ3v) is 2.42. The Morgan fingerprint density at radius 1 is 1.35 bits per heavy atom. The van der Waals surface area contributed by atoms with Crippen LogP contribution in [0.25, 0.3) is 0 Å². The molecule has 0 saturated heterocycles. The number of benzene rings is 1. The first-order chi connectivity index (χ1) is 7.96. The van der Waals surface area contributed by atoms with Crippen LogP contribution in [0.2, 0.25) is 0 Å². The summed E-state index contributed by atoms with van der Waals surface area (Å²) in [5.74, 6) is 0.244. The second-order valence-electron chi connectivity index (χ2n) is 3.73. The minimum absolute atomic E-state index is 0.129. The molecule has 0 saturated carbocycles. The van der Waals surface area contributed by atoms with Crippen molar-refractivity contribution in [2.75, 3.05) is 13.7 Å². The third-order valence-electron chi connectivity index (χ3n) is 2.42. The third kappa shape index (κ3) is 4.65. The molecule has 0 aliphatic rings. The summed E-state index contributed by atoms with van der Waals surface area (Å²) >= 11 is 0. The Hall–Kier alpha value is -1.23. The first-order valence-electron chi connectivity index (χ1n) is 5.43. The summed E-state index contributed by atoms with van der Waals surface area (Å²) in [6.45, 7) is 0.747. The van der Waals surface area contributed by atoms with E-state index in [1.165, 1.54) is 6.07 Å². The molecule has 17 heavy (non-hydrogen) atoms. The fourth-order valence-corrected chi connectivity index (χ4v) is 1.59. The monoisotopic (exact) mass is 247 g/mol. The highest BCUT2D eigenvalue weighted by molar-refractivity contribution is 5.30. The largest absolute Gasteiger partial charge is 0.484 e. The molecule has 0 radical (unpaired) electrons. The molecule has 0 amide bonds. The summed E-state index contributed by atoms with van der Waals surface area (Å²) < 4.78 is 40.7. The molecule has 5 heteroatoms. The number of alkyl halides is 3. The molecule has 0 aliphatic carbocycles. The van der Waals surface area contributed by atoms with Crippen molar-refractivity contribution in [3.63, 3.8) is 0 Å². The zero-order chi connectivity index (χ0) is 12.9. The Kier molecular flexibility index (Phi) is 4.81. The molecule has 0 spiro atoms. The number of ether oxygens (including phenoxy) is 1. The molecule has 1 aromatic rings. The molecule has 0 fully saturated rings. The van der Waals surface area contributed by atoms with Gasteiger partial charge in [-0.15, -0.1) is 0 Å². The number of halogens is 3. The number of hydrogen-bond acceptors (Lipinski definition) is 2. The van der Waals surface area contributed by atoms with Gasteiger partial charge in [-0.2, -0.15) is 13.2 Å². The predicted octanol–water partition coefficient (Wildman–Crippen LogP) is 3.30. The molecule has 0 heterocycles. The summed E-state index contributed by atoms with van der Waals surface area (Å²) in [5.41, 5.74) is 0.926. The van der Waals surface area contributed by atoms with Crippen LogP contribution in [-0.2, 0) is 0 Å². The van der Waals surface area contributed by atoms with Gasteiger partial charge in [0.05, 0.1) is 0 Å². The fourth-order valence-electron chi connectivity index (χ4n) is 1.59. The minimum Gasteiger partial charge on any atom is -0.484 e. The van der Waals surface area contributed by atoms with Crippen molar-refractivity contribution >= 4 is 0 Å². The summed E-state index contributed by atoms with van der Waals surface area (Å²) in [6.07, 6.45) is -3.44. The van der Waals surface area contributed by atoms with Gasteiger partial charge >= 0.3 is 6.18 Å². The van der Waals surface area contributed by atoms with Gasteiger partial charge in [-0.1, -0.05) is 19.1 Å². The highest BCUT2D eigenvalue weighted by atomic mass is 19.4. The lowest BCUT2D eigenvalue weighted by molar-refractivity contribution is -0.153. The molecule has 1 unspecified atom stereocenters. The molecule has 0 aliphatic heterocycles. The predicted molar refractivity (Wildman–Crippen MR) is 60.1 cm³/mol. The second-order valence-corrected chi connectivity index (χ2v) is 3.73. The van der Waals surface area contributed by atoms with Crippen LogP contribution >= 0.6 is 0 Å². The van der Waals surface area contributed by atoms with Gasteiger partial charge < -0.3 is 10.1 Å². The first-order valence-corrected chi connectivity index (χ1v) is 5.43. The first kappa shape index (κ1) is 13.8. The summed E-state index contributed by atoms with van der Waals surface area (Å²) in [6, 6.07) is 6.85. The quantitative estimate of drug-likeness (QED) is 0.862. The molecular weight excluding hydrogens is 231 g/mol. The topological polar surface area (TPSA) is 21.3 Å². The molecule has 1 aromatic carbocycles. The van der Waals surface area contributed by atoms with Gasteiger partial charge in [0.15, 0.2) is 6.61 Å². The van der Waals surface area contributed by atoms with Gasteiger partial charge in [0.25, 0.3) is 0 Å². The standard InChI is InChI=1S/C12H16F3NO/c1-3-11(16-2)9-5-4-6-10(7-9)17-8-12(13,14)15/h4-7,11,16H,3,8H2,1-2H3. The van der Waals surface area contributed by atoms with E-state index in [0.717, 1.165) is 12.0 Å². The van der Waals surface area contributed by atoms with Crippen LogP contribution in [-0.4, -0.2) is 19.8 Å². The lowest BCUT2D eigenvalue weighted by atomic mass is 10.0. The maximum atomic E-state index is 12.0. The van der Waals surface area contributed by atoms with Crippen LogP contribution in [0.1, 0.15) is 24.9 Å². The van der Waals surface area contributed by atoms with E-state index in [1.54, 1.807) is 12.1 Å². The van der Waals surface area contributed by atoms with E-state index in [9.17, 15) is 13.2 Å². The van der Waals surface area contributed by atoms with Crippen LogP contribution in [0.3, 0.4) is 0 Å². The Morgan fingerprint density at radius 2 is 2.06 bits per heavy atom. The molecule has 2 nitrogen and oxygen atoms in total. The highest BCUT2D eigenvalue weighted by Gasteiger charge is 2.28. The maximum absolute atomic E-state index is 12.0. The van der Waals surface area contributed by atoms with Crippen molar-refractivity contribution in [3.8, 4) is 5.75 Å². The van der Waals surface area contributed by atoms with E-state index < -0.39 is 12.8 Å². The lowest BCUT2D eigenvalue weighted by Gasteiger charge is -2.16. The van der Waals surface area contributed by atoms with E-state index in [2.05, 4.69) is 5.32 Å². The van der Waals surface area contributed by atoms with Crippen molar-refractivity contribution in [3.05, 3.63) is 29.8 Å². The SMILES string of the molecule is CCC(NC)c1cccc(OCC(F)(F)F)c1. The van der Waals surface area contributed by atoms with Crippen LogP contribution in [0, 0.1) is 0 Å². The van der Waals surface area contributed by atoms with Gasteiger partial charge in [0.1, 0.15) is 5.75 Å². The van der Waals surface area contributed by atoms with Crippen molar-refractivity contribution < 1.29 is 17.9 Å². The molecule has 1 rings (SSSR count). The van der Waals surface area contributed by atoms with Crippen LogP contribution in [0.4, 0.5) is 13.2 Å². The molecule has 0 aromatic heterocycles. The zero-order valence-corrected chi connectivity index (χ0v) is 9.84. The van der Waals surface area contributed by atoms with Crippen molar-refractivity contribution in [2.24, 2.45) is 0 Å². The average Bonchev–Trinajstić information content (AvgIpc) is 2.28.